The lowest BCUT2D eigenvalue weighted by Gasteiger charge is -1.92. The van der Waals surface area contributed by atoms with Gasteiger partial charge in [-0.25, -0.2) is 0 Å². The van der Waals surface area contributed by atoms with Crippen molar-refractivity contribution in [2.24, 2.45) is 15.7 Å². The van der Waals surface area contributed by atoms with Gasteiger partial charge in [-0.3, -0.25) is 4.99 Å². The molecule has 0 heterocycles. The Morgan fingerprint density at radius 2 is 2.40 bits per heavy atom. The lowest BCUT2D eigenvalue weighted by atomic mass is 10.8. The van der Waals surface area contributed by atoms with Gasteiger partial charge in [0.15, 0.2) is 0 Å². The first-order chi connectivity index (χ1) is 4.66. The molecule has 0 saturated carbocycles. The van der Waals surface area contributed by atoms with Crippen LogP contribution in [-0.4, -0.2) is 25.0 Å². The van der Waals surface area contributed by atoms with Crippen molar-refractivity contribution >= 4 is 24.0 Å². The van der Waals surface area contributed by atoms with E-state index >= 15 is 0 Å². The lowest BCUT2D eigenvalue weighted by molar-refractivity contribution is 0.397. The monoisotopic (exact) mass is 163 g/mol. The zero-order chi connectivity index (χ0) is 7.98. The molecule has 0 aromatic carbocycles. The van der Waals surface area contributed by atoms with Gasteiger partial charge in [-0.1, -0.05) is 11.6 Å². The summed E-state index contributed by atoms with van der Waals surface area (Å²) in [4.78, 5) is 7.28. The van der Waals surface area contributed by atoms with Gasteiger partial charge in [-0.2, -0.15) is 4.99 Å². The number of ether oxygens (including phenoxy) is 1. The maximum Gasteiger partial charge on any atom is 0.287 e. The molecule has 4 nitrogen and oxygen atoms in total. The van der Waals surface area contributed by atoms with Crippen molar-refractivity contribution in [1.82, 2.24) is 0 Å². The molecule has 0 aliphatic rings. The van der Waals surface area contributed by atoms with E-state index in [2.05, 4.69) is 14.7 Å². The van der Waals surface area contributed by atoms with Crippen LogP contribution in [-0.2, 0) is 4.74 Å². The number of nitrogens with zero attached hydrogens (tertiary/aromatic N) is 2. The van der Waals surface area contributed by atoms with Crippen molar-refractivity contribution in [2.75, 3.05) is 7.11 Å². The van der Waals surface area contributed by atoms with E-state index in [9.17, 15) is 0 Å². The van der Waals surface area contributed by atoms with E-state index in [4.69, 9.17) is 17.3 Å². The number of hydrogen-bond acceptors (Lipinski definition) is 2. The minimum atomic E-state index is -0.284. The molecule has 0 aromatic heterocycles. The highest BCUT2D eigenvalue weighted by Gasteiger charge is 1.85. The fraction of sp³-hybridized carbons (Fsp3) is 0.600. The highest BCUT2D eigenvalue weighted by Crippen LogP contribution is 1.91. The van der Waals surface area contributed by atoms with Crippen LogP contribution >= 0.6 is 11.6 Å². The first-order valence-electron chi connectivity index (χ1n) is 2.69. The van der Waals surface area contributed by atoms with Gasteiger partial charge in [0.25, 0.3) is 6.02 Å². The van der Waals surface area contributed by atoms with Crippen LogP contribution in [0.4, 0.5) is 0 Å². The molecule has 0 aromatic rings. The van der Waals surface area contributed by atoms with Crippen LogP contribution in [0.25, 0.3) is 0 Å². The summed E-state index contributed by atoms with van der Waals surface area (Å²) >= 11 is 5.46. The topological polar surface area (TPSA) is 60.0 Å². The third kappa shape index (κ3) is 5.37. The summed E-state index contributed by atoms with van der Waals surface area (Å²) in [6.07, 6.45) is 1.26. The Morgan fingerprint density at radius 1 is 1.80 bits per heavy atom. The molecular formula is C5H10ClN3O. The molecular weight excluding hydrogens is 154 g/mol. The van der Waals surface area contributed by atoms with Crippen molar-refractivity contribution in [3.05, 3.63) is 0 Å². The molecule has 0 spiro atoms. The smallest absolute Gasteiger partial charge is 0.287 e. The Balaban J connectivity index is 3.70. The largest absolute Gasteiger partial charge is 0.468 e. The van der Waals surface area contributed by atoms with Crippen molar-refractivity contribution in [3.8, 4) is 0 Å². The average Bonchev–Trinajstić information content (AvgIpc) is 1.87. The molecule has 58 valence electrons. The normalized spacial score (nSPS) is 15.7. The average molecular weight is 164 g/mol. The van der Waals surface area contributed by atoms with Gasteiger partial charge in [0.1, 0.15) is 11.8 Å². The second kappa shape index (κ2) is 5.05. The maximum absolute atomic E-state index is 5.46. The molecule has 10 heavy (non-hydrogen) atoms. The molecule has 1 unspecified atom stereocenters. The van der Waals surface area contributed by atoms with Crippen LogP contribution in [0.2, 0.25) is 0 Å². The third-order valence-electron chi connectivity index (χ3n) is 0.666. The molecule has 0 fully saturated rings. The fourth-order valence-corrected chi connectivity index (χ4v) is 0.285. The van der Waals surface area contributed by atoms with Gasteiger partial charge < -0.3 is 10.5 Å². The van der Waals surface area contributed by atoms with Crippen LogP contribution in [0, 0.1) is 0 Å². The Bertz CT molecular complexity index is 144. The predicted octanol–water partition coefficient (Wildman–Crippen LogP) is 0.561. The zero-order valence-corrected chi connectivity index (χ0v) is 6.67. The molecule has 0 aliphatic carbocycles. The van der Waals surface area contributed by atoms with E-state index in [-0.39, 0.29) is 11.5 Å². The fourth-order valence-electron chi connectivity index (χ4n) is 0.235. The highest BCUT2D eigenvalue weighted by molar-refractivity contribution is 6.20. The number of aliphatic imine (C=N–C) groups is 2. The van der Waals surface area contributed by atoms with Gasteiger partial charge in [0.2, 0.25) is 0 Å². The van der Waals surface area contributed by atoms with Crippen molar-refractivity contribution in [1.29, 1.82) is 0 Å². The third-order valence-corrected chi connectivity index (χ3v) is 0.779. The van der Waals surface area contributed by atoms with Gasteiger partial charge in [0.05, 0.1) is 7.11 Å². The van der Waals surface area contributed by atoms with Crippen LogP contribution in [0.15, 0.2) is 9.98 Å². The van der Waals surface area contributed by atoms with E-state index < -0.39 is 0 Å². The minimum absolute atomic E-state index is 0.0704. The summed E-state index contributed by atoms with van der Waals surface area (Å²) in [7, 11) is 1.43. The molecule has 0 aliphatic heterocycles. The second-order valence-corrected chi connectivity index (χ2v) is 2.14. The van der Waals surface area contributed by atoms with Crippen LogP contribution in [0.3, 0.4) is 0 Å². The number of halogens is 1. The first-order valence-corrected chi connectivity index (χ1v) is 3.13. The first kappa shape index (κ1) is 9.23. The zero-order valence-electron chi connectivity index (χ0n) is 5.91. The Morgan fingerprint density at radius 3 is 2.80 bits per heavy atom. The number of alkyl halides is 1. The molecule has 2 N–H and O–H groups in total. The van der Waals surface area contributed by atoms with Gasteiger partial charge in [-0.05, 0) is 6.92 Å². The lowest BCUT2D eigenvalue weighted by Crippen LogP contribution is -2.13. The van der Waals surface area contributed by atoms with E-state index in [1.165, 1.54) is 13.4 Å². The van der Waals surface area contributed by atoms with Gasteiger partial charge >= 0.3 is 0 Å². The van der Waals surface area contributed by atoms with Crippen molar-refractivity contribution < 1.29 is 4.74 Å². The molecule has 5 heteroatoms. The number of hydrogen-bond donors (Lipinski definition) is 1. The second-order valence-electron chi connectivity index (χ2n) is 1.51. The van der Waals surface area contributed by atoms with Gasteiger partial charge in [-0.15, -0.1) is 0 Å². The standard InChI is InChI=1S/C5H10ClN3O/c1-4(6)8-3-9-5(7)10-2/h3-4H,1-2H3,(H2,7,8,9). The number of methoxy groups -OCH3 is 1. The summed E-state index contributed by atoms with van der Waals surface area (Å²) < 4.78 is 4.53. The Labute approximate surface area is 64.7 Å². The minimum Gasteiger partial charge on any atom is -0.468 e. The van der Waals surface area contributed by atoms with Crippen LogP contribution in [0.1, 0.15) is 6.92 Å². The van der Waals surface area contributed by atoms with E-state index in [1.54, 1.807) is 6.92 Å². The summed E-state index contributed by atoms with van der Waals surface area (Å²) in [5.74, 6) is 0. The van der Waals surface area contributed by atoms with Crippen LogP contribution in [0.5, 0.6) is 0 Å². The summed E-state index contributed by atoms with van der Waals surface area (Å²) in [6, 6.07) is 0.0704. The number of nitrogens with two attached hydrogens (primary N) is 1. The predicted molar refractivity (Wildman–Crippen MR) is 42.4 cm³/mol. The highest BCUT2D eigenvalue weighted by atomic mass is 35.5. The molecule has 0 rings (SSSR count). The van der Waals surface area contributed by atoms with E-state index in [0.29, 0.717) is 0 Å². The Hall–Kier alpha value is -0.770. The van der Waals surface area contributed by atoms with Crippen molar-refractivity contribution in [3.63, 3.8) is 0 Å². The molecule has 0 saturated heterocycles. The van der Waals surface area contributed by atoms with Crippen LogP contribution < -0.4 is 5.73 Å². The van der Waals surface area contributed by atoms with Crippen molar-refractivity contribution in [2.45, 2.75) is 12.4 Å². The summed E-state index contributed by atoms with van der Waals surface area (Å²) in [5, 5.41) is 0. The molecule has 0 bridgehead atoms. The molecule has 1 atom stereocenters. The van der Waals surface area contributed by atoms with E-state index in [0.717, 1.165) is 0 Å². The Kier molecular flexibility index (Phi) is 4.66. The number of rotatable bonds is 2. The number of amidine groups is 1. The summed E-state index contributed by atoms with van der Waals surface area (Å²) in [5.41, 5.74) is 4.87. The SMILES string of the molecule is COC(N)=NC=NC(C)Cl. The molecule has 0 radical (unpaired) electrons. The maximum atomic E-state index is 5.46. The molecule has 0 amide bonds. The quantitative estimate of drug-likeness (QED) is 0.280. The summed E-state index contributed by atoms with van der Waals surface area (Å²) in [6.45, 7) is 1.72. The van der Waals surface area contributed by atoms with E-state index in [1.807, 2.05) is 0 Å². The van der Waals surface area contributed by atoms with Gasteiger partial charge in [0, 0.05) is 0 Å².